The molecule has 2 aromatic rings. The van der Waals surface area contributed by atoms with Gasteiger partial charge in [0.2, 0.25) is 5.76 Å². The van der Waals surface area contributed by atoms with Gasteiger partial charge >= 0.3 is 11.9 Å². The van der Waals surface area contributed by atoms with Crippen molar-refractivity contribution in [2.24, 2.45) is 0 Å². The lowest BCUT2D eigenvalue weighted by atomic mass is 10.2. The van der Waals surface area contributed by atoms with Crippen LogP contribution in [-0.4, -0.2) is 25.7 Å². The number of esters is 2. The van der Waals surface area contributed by atoms with Crippen LogP contribution in [0.1, 0.15) is 21.9 Å². The van der Waals surface area contributed by atoms with Crippen LogP contribution in [0.3, 0.4) is 0 Å². The first-order valence-electron chi connectivity index (χ1n) is 6.81. The molecule has 0 amide bonds. The monoisotopic (exact) mass is 416 g/mol. The second kappa shape index (κ2) is 8.21. The van der Waals surface area contributed by atoms with E-state index in [0.29, 0.717) is 16.5 Å². The van der Waals surface area contributed by atoms with Crippen molar-refractivity contribution in [1.29, 1.82) is 0 Å². The molecule has 24 heavy (non-hydrogen) atoms. The number of ether oxygens (including phenoxy) is 3. The first kappa shape index (κ1) is 18.4. The van der Waals surface area contributed by atoms with E-state index in [-0.39, 0.29) is 19.0 Å². The van der Waals surface area contributed by atoms with E-state index in [1.807, 2.05) is 13.0 Å². The molecule has 1 aromatic heterocycles. The number of furan rings is 1. The zero-order valence-electron chi connectivity index (χ0n) is 12.9. The topological polar surface area (TPSA) is 75.0 Å². The molecule has 0 aliphatic heterocycles. The van der Waals surface area contributed by atoms with Gasteiger partial charge in [-0.25, -0.2) is 9.59 Å². The van der Waals surface area contributed by atoms with Crippen LogP contribution in [-0.2, 0) is 20.9 Å². The number of hydrogen-bond donors (Lipinski definition) is 0. The summed E-state index contributed by atoms with van der Waals surface area (Å²) in [6, 6.07) is 6.46. The molecule has 0 radical (unpaired) electrons. The number of carbonyl (C=O) groups excluding carboxylic acids is 2. The third-order valence-corrected chi connectivity index (χ3v) is 3.69. The number of benzene rings is 1. The summed E-state index contributed by atoms with van der Waals surface area (Å²) in [5, 5.41) is 0.392. The van der Waals surface area contributed by atoms with Gasteiger partial charge in [0.05, 0.1) is 12.1 Å². The molecule has 0 aliphatic rings. The van der Waals surface area contributed by atoms with E-state index < -0.39 is 11.9 Å². The van der Waals surface area contributed by atoms with Gasteiger partial charge in [0.1, 0.15) is 18.1 Å². The molecule has 1 aromatic carbocycles. The SMILES string of the molecule is COC(=O)c1ccc(COC(=O)COc2c(C)cc(Br)cc2Cl)o1. The second-order valence-corrected chi connectivity index (χ2v) is 6.06. The highest BCUT2D eigenvalue weighted by molar-refractivity contribution is 9.10. The Kier molecular flexibility index (Phi) is 6.28. The molecule has 6 nitrogen and oxygen atoms in total. The highest BCUT2D eigenvalue weighted by Crippen LogP contribution is 2.31. The molecule has 0 spiro atoms. The van der Waals surface area contributed by atoms with E-state index in [1.54, 1.807) is 6.07 Å². The standard InChI is InChI=1S/C16H14BrClO6/c1-9-5-10(17)6-12(18)15(9)23-8-14(19)22-7-11-3-4-13(24-11)16(20)21-2/h3-6H,7-8H2,1-2H3. The smallest absolute Gasteiger partial charge is 0.373 e. The van der Waals surface area contributed by atoms with Crippen LogP contribution in [0, 0.1) is 6.92 Å². The predicted octanol–water partition coefficient (Wildman–Crippen LogP) is 3.91. The Balaban J connectivity index is 1.86. The van der Waals surface area contributed by atoms with Crippen molar-refractivity contribution < 1.29 is 28.2 Å². The van der Waals surface area contributed by atoms with Crippen LogP contribution >= 0.6 is 27.5 Å². The van der Waals surface area contributed by atoms with E-state index in [0.717, 1.165) is 10.0 Å². The minimum atomic E-state index is -0.601. The van der Waals surface area contributed by atoms with E-state index >= 15 is 0 Å². The molecule has 1 heterocycles. The Morgan fingerprint density at radius 3 is 2.71 bits per heavy atom. The van der Waals surface area contributed by atoms with E-state index in [9.17, 15) is 9.59 Å². The fraction of sp³-hybridized carbons (Fsp3) is 0.250. The van der Waals surface area contributed by atoms with Crippen molar-refractivity contribution in [3.63, 3.8) is 0 Å². The largest absolute Gasteiger partial charge is 0.480 e. The summed E-state index contributed by atoms with van der Waals surface area (Å²) in [5.74, 6) is -0.415. The zero-order valence-corrected chi connectivity index (χ0v) is 15.3. The van der Waals surface area contributed by atoms with E-state index in [2.05, 4.69) is 20.7 Å². The van der Waals surface area contributed by atoms with Crippen molar-refractivity contribution in [2.45, 2.75) is 13.5 Å². The number of halogens is 2. The van der Waals surface area contributed by atoms with Gasteiger partial charge in [-0.1, -0.05) is 27.5 Å². The quantitative estimate of drug-likeness (QED) is 0.663. The summed E-state index contributed by atoms with van der Waals surface area (Å²) in [4.78, 5) is 23.0. The maximum absolute atomic E-state index is 11.7. The molecule has 0 saturated heterocycles. The maximum Gasteiger partial charge on any atom is 0.373 e. The highest BCUT2D eigenvalue weighted by atomic mass is 79.9. The van der Waals surface area contributed by atoms with Gasteiger partial charge in [0.25, 0.3) is 0 Å². The van der Waals surface area contributed by atoms with Crippen LogP contribution in [0.2, 0.25) is 5.02 Å². The van der Waals surface area contributed by atoms with Gasteiger partial charge in [0, 0.05) is 4.47 Å². The van der Waals surface area contributed by atoms with Gasteiger partial charge in [-0.05, 0) is 36.8 Å². The van der Waals surface area contributed by atoms with Crippen LogP contribution < -0.4 is 4.74 Å². The lowest BCUT2D eigenvalue weighted by molar-refractivity contribution is -0.147. The third kappa shape index (κ3) is 4.75. The van der Waals surface area contributed by atoms with Crippen molar-refractivity contribution in [1.82, 2.24) is 0 Å². The van der Waals surface area contributed by atoms with Crippen molar-refractivity contribution in [2.75, 3.05) is 13.7 Å². The molecule has 0 N–H and O–H groups in total. The summed E-state index contributed by atoms with van der Waals surface area (Å²) in [7, 11) is 1.25. The lowest BCUT2D eigenvalue weighted by Gasteiger charge is -2.11. The summed E-state index contributed by atoms with van der Waals surface area (Å²) in [6.45, 7) is 1.40. The van der Waals surface area contributed by atoms with Crippen LogP contribution in [0.4, 0.5) is 0 Å². The molecule has 128 valence electrons. The summed E-state index contributed by atoms with van der Waals surface area (Å²) < 4.78 is 20.9. The maximum atomic E-state index is 11.7. The van der Waals surface area contributed by atoms with Gasteiger partial charge in [-0.2, -0.15) is 0 Å². The molecule has 0 fully saturated rings. The average Bonchev–Trinajstić information content (AvgIpc) is 3.00. The number of aryl methyl sites for hydroxylation is 1. The fourth-order valence-corrected chi connectivity index (χ4v) is 2.89. The molecule has 0 saturated carbocycles. The lowest BCUT2D eigenvalue weighted by Crippen LogP contribution is -2.15. The first-order chi connectivity index (χ1) is 11.4. The van der Waals surface area contributed by atoms with Gasteiger partial charge in [-0.3, -0.25) is 0 Å². The summed E-state index contributed by atoms with van der Waals surface area (Å²) in [6.07, 6.45) is 0. The van der Waals surface area contributed by atoms with Crippen molar-refractivity contribution in [3.05, 3.63) is 50.8 Å². The van der Waals surface area contributed by atoms with Crippen LogP contribution in [0.15, 0.2) is 33.2 Å². The van der Waals surface area contributed by atoms with Crippen LogP contribution in [0.25, 0.3) is 0 Å². The van der Waals surface area contributed by atoms with Crippen LogP contribution in [0.5, 0.6) is 5.75 Å². The minimum absolute atomic E-state index is 0.0390. The van der Waals surface area contributed by atoms with Crippen molar-refractivity contribution >= 4 is 39.5 Å². The number of carbonyl (C=O) groups is 2. The highest BCUT2D eigenvalue weighted by Gasteiger charge is 2.14. The van der Waals surface area contributed by atoms with E-state index in [4.69, 9.17) is 25.5 Å². The normalized spacial score (nSPS) is 10.3. The molecule has 2 rings (SSSR count). The van der Waals surface area contributed by atoms with Gasteiger partial charge in [-0.15, -0.1) is 0 Å². The third-order valence-electron chi connectivity index (χ3n) is 2.95. The molecule has 8 heteroatoms. The molecular formula is C16H14BrClO6. The Morgan fingerprint density at radius 2 is 2.04 bits per heavy atom. The van der Waals surface area contributed by atoms with Gasteiger partial charge in [0.15, 0.2) is 6.61 Å². The molecular weight excluding hydrogens is 404 g/mol. The second-order valence-electron chi connectivity index (χ2n) is 4.74. The van der Waals surface area contributed by atoms with Crippen molar-refractivity contribution in [3.8, 4) is 5.75 Å². The Morgan fingerprint density at radius 1 is 1.29 bits per heavy atom. The molecule has 0 unspecified atom stereocenters. The number of hydrogen-bond acceptors (Lipinski definition) is 6. The molecule has 0 atom stereocenters. The first-order valence-corrected chi connectivity index (χ1v) is 7.99. The Labute approximate surface area is 151 Å². The number of rotatable bonds is 6. The molecule has 0 aliphatic carbocycles. The summed E-state index contributed by atoms with van der Waals surface area (Å²) in [5.41, 5.74) is 0.788. The predicted molar refractivity (Wildman–Crippen MR) is 89.2 cm³/mol. The average molecular weight is 418 g/mol. The van der Waals surface area contributed by atoms with Gasteiger partial charge < -0.3 is 18.6 Å². The minimum Gasteiger partial charge on any atom is -0.480 e. The fourth-order valence-electron chi connectivity index (χ4n) is 1.86. The Bertz CT molecular complexity index is 732. The Hall–Kier alpha value is -1.99. The van der Waals surface area contributed by atoms with E-state index in [1.165, 1.54) is 19.2 Å². The zero-order chi connectivity index (χ0) is 17.7. The molecule has 0 bridgehead atoms. The summed E-state index contributed by atoms with van der Waals surface area (Å²) >= 11 is 9.39. The number of methoxy groups -OCH3 is 1.